The maximum atomic E-state index is 7.83. The Labute approximate surface area is 184 Å². The first-order valence-corrected chi connectivity index (χ1v) is 11.4. The third-order valence-corrected chi connectivity index (χ3v) is 6.62. The highest BCUT2D eigenvalue weighted by atomic mass is 32.1. The van der Waals surface area contributed by atoms with Gasteiger partial charge in [0.2, 0.25) is 0 Å². The van der Waals surface area contributed by atoms with E-state index in [0.29, 0.717) is 30.3 Å². The van der Waals surface area contributed by atoms with Gasteiger partial charge in [-0.1, -0.05) is 23.5 Å². The predicted octanol–water partition coefficient (Wildman–Crippen LogP) is 1.57. The van der Waals surface area contributed by atoms with Crippen molar-refractivity contribution < 1.29 is 4.74 Å². The van der Waals surface area contributed by atoms with Gasteiger partial charge in [0.15, 0.2) is 11.6 Å². The van der Waals surface area contributed by atoms with Crippen molar-refractivity contribution >= 4 is 39.4 Å². The minimum Gasteiger partial charge on any atom is -0.398 e. The van der Waals surface area contributed by atoms with Crippen molar-refractivity contribution in [3.63, 3.8) is 0 Å². The molecular weight excluding hydrogens is 412 g/mol. The molecule has 3 aromatic rings. The molecule has 0 aliphatic carbocycles. The standard InChI is InChI=1S/C21H26N8OS/c22-12-15-14(2-1-3-16(15)23)19-26-20(29-8-10-30-11-9-29)18-21(27-19)31-17(25-18)13-28-6-4-24-5-7-28/h1-3,12,22,24H,4-11,13,23H2. The van der Waals surface area contributed by atoms with Crippen LogP contribution >= 0.6 is 11.3 Å². The topological polar surface area (TPSA) is 116 Å². The van der Waals surface area contributed by atoms with Crippen LogP contribution in [0.5, 0.6) is 0 Å². The first-order chi connectivity index (χ1) is 15.2. The van der Waals surface area contributed by atoms with Crippen LogP contribution in [0.4, 0.5) is 11.5 Å². The maximum Gasteiger partial charge on any atom is 0.164 e. The Hall–Kier alpha value is -2.66. The number of piperazine rings is 1. The second-order valence-corrected chi connectivity index (χ2v) is 8.77. The summed E-state index contributed by atoms with van der Waals surface area (Å²) in [6.45, 7) is 7.76. The van der Waals surface area contributed by atoms with Gasteiger partial charge in [0, 0.05) is 62.3 Å². The summed E-state index contributed by atoms with van der Waals surface area (Å²) in [4.78, 5) is 20.3. The lowest BCUT2D eigenvalue weighted by Gasteiger charge is -2.28. The molecule has 2 aliphatic rings. The number of benzene rings is 1. The summed E-state index contributed by atoms with van der Waals surface area (Å²) in [5.74, 6) is 1.42. The van der Waals surface area contributed by atoms with Crippen LogP contribution in [-0.2, 0) is 11.3 Å². The Balaban J connectivity index is 1.60. The number of hydrogen-bond acceptors (Lipinski definition) is 10. The molecule has 0 radical (unpaired) electrons. The van der Waals surface area contributed by atoms with Crippen molar-refractivity contribution in [1.82, 2.24) is 25.2 Å². The number of thiazole rings is 1. The molecule has 0 bridgehead atoms. The van der Waals surface area contributed by atoms with Gasteiger partial charge in [-0.2, -0.15) is 0 Å². The number of fused-ring (bicyclic) bond motifs is 1. The molecule has 10 heteroatoms. The zero-order chi connectivity index (χ0) is 21.2. The lowest BCUT2D eigenvalue weighted by Crippen LogP contribution is -2.42. The predicted molar refractivity (Wildman–Crippen MR) is 124 cm³/mol. The summed E-state index contributed by atoms with van der Waals surface area (Å²) in [7, 11) is 0. The molecule has 162 valence electrons. The van der Waals surface area contributed by atoms with Gasteiger partial charge in [0.25, 0.3) is 0 Å². The van der Waals surface area contributed by atoms with E-state index in [1.807, 2.05) is 12.1 Å². The van der Waals surface area contributed by atoms with Crippen molar-refractivity contribution in [3.8, 4) is 11.4 Å². The third-order valence-electron chi connectivity index (χ3n) is 5.69. The summed E-state index contributed by atoms with van der Waals surface area (Å²) in [6, 6.07) is 5.59. The largest absolute Gasteiger partial charge is 0.398 e. The number of nitrogens with zero attached hydrogens (tertiary/aromatic N) is 5. The molecule has 31 heavy (non-hydrogen) atoms. The average molecular weight is 439 g/mol. The molecule has 4 N–H and O–H groups in total. The fraction of sp³-hybridized carbons (Fsp3) is 0.429. The van der Waals surface area contributed by atoms with Gasteiger partial charge in [0.05, 0.1) is 19.8 Å². The molecule has 0 saturated carbocycles. The molecule has 0 amide bonds. The Morgan fingerprint density at radius 3 is 2.71 bits per heavy atom. The lowest BCUT2D eigenvalue weighted by molar-refractivity contribution is 0.122. The normalized spacial score (nSPS) is 17.9. The van der Waals surface area contributed by atoms with E-state index in [1.54, 1.807) is 17.4 Å². The number of nitrogens with one attached hydrogen (secondary N) is 2. The monoisotopic (exact) mass is 438 g/mol. The zero-order valence-corrected chi connectivity index (χ0v) is 18.1. The minimum absolute atomic E-state index is 0.549. The van der Waals surface area contributed by atoms with Gasteiger partial charge in [-0.05, 0) is 6.07 Å². The van der Waals surface area contributed by atoms with E-state index in [9.17, 15) is 0 Å². The molecule has 5 rings (SSSR count). The van der Waals surface area contributed by atoms with Crippen LogP contribution in [0.1, 0.15) is 10.6 Å². The van der Waals surface area contributed by atoms with Crippen molar-refractivity contribution in [2.75, 3.05) is 63.1 Å². The molecule has 0 spiro atoms. The Morgan fingerprint density at radius 1 is 1.13 bits per heavy atom. The van der Waals surface area contributed by atoms with Crippen LogP contribution in [0.25, 0.3) is 21.7 Å². The van der Waals surface area contributed by atoms with Crippen LogP contribution in [0.2, 0.25) is 0 Å². The van der Waals surface area contributed by atoms with E-state index < -0.39 is 0 Å². The van der Waals surface area contributed by atoms with Crippen molar-refractivity contribution in [3.05, 3.63) is 28.8 Å². The van der Waals surface area contributed by atoms with Crippen molar-refractivity contribution in [1.29, 1.82) is 5.41 Å². The quantitative estimate of drug-likeness (QED) is 0.406. The molecule has 1 aromatic carbocycles. The second-order valence-electron chi connectivity index (χ2n) is 7.71. The molecule has 9 nitrogen and oxygen atoms in total. The number of rotatable bonds is 5. The van der Waals surface area contributed by atoms with Gasteiger partial charge < -0.3 is 26.1 Å². The van der Waals surface area contributed by atoms with Crippen LogP contribution in [-0.4, -0.2) is 78.5 Å². The number of nitrogens with two attached hydrogens (primary N) is 1. The number of morpholine rings is 1. The summed E-state index contributed by atoms with van der Waals surface area (Å²) >= 11 is 1.63. The zero-order valence-electron chi connectivity index (χ0n) is 17.3. The first-order valence-electron chi connectivity index (χ1n) is 10.6. The van der Waals surface area contributed by atoms with E-state index >= 15 is 0 Å². The van der Waals surface area contributed by atoms with E-state index in [4.69, 9.17) is 30.8 Å². The molecule has 4 heterocycles. The molecule has 2 saturated heterocycles. The molecule has 2 fully saturated rings. The highest BCUT2D eigenvalue weighted by Crippen LogP contribution is 2.33. The minimum atomic E-state index is 0.549. The van der Waals surface area contributed by atoms with Gasteiger partial charge in [-0.25, -0.2) is 15.0 Å². The Kier molecular flexibility index (Phi) is 5.77. The van der Waals surface area contributed by atoms with Gasteiger partial charge >= 0.3 is 0 Å². The fourth-order valence-corrected chi connectivity index (χ4v) is 5.01. The van der Waals surface area contributed by atoms with E-state index in [2.05, 4.69) is 15.1 Å². The van der Waals surface area contributed by atoms with Crippen molar-refractivity contribution in [2.24, 2.45) is 0 Å². The van der Waals surface area contributed by atoms with Crippen LogP contribution in [0.15, 0.2) is 18.2 Å². The maximum absolute atomic E-state index is 7.83. The average Bonchev–Trinajstić information content (AvgIpc) is 3.21. The van der Waals surface area contributed by atoms with E-state index in [1.165, 1.54) is 6.21 Å². The molecule has 0 atom stereocenters. The molecule has 2 aromatic heterocycles. The van der Waals surface area contributed by atoms with Crippen molar-refractivity contribution in [2.45, 2.75) is 6.54 Å². The summed E-state index contributed by atoms with van der Waals surface area (Å²) in [6.07, 6.45) is 1.27. The molecular formula is C21H26N8OS. The second kappa shape index (κ2) is 8.83. The SMILES string of the molecule is N=Cc1c(N)cccc1-c1nc(N2CCOCC2)c2nc(CN3CCNCC3)sc2n1. The highest BCUT2D eigenvalue weighted by molar-refractivity contribution is 7.18. The fourth-order valence-electron chi connectivity index (χ4n) is 4.03. The number of nitrogen functional groups attached to an aromatic ring is 1. The summed E-state index contributed by atoms with van der Waals surface area (Å²) < 4.78 is 5.54. The third kappa shape index (κ3) is 4.11. The van der Waals surface area contributed by atoms with E-state index in [-0.39, 0.29) is 0 Å². The Morgan fingerprint density at radius 2 is 1.94 bits per heavy atom. The lowest BCUT2D eigenvalue weighted by atomic mass is 10.1. The highest BCUT2D eigenvalue weighted by Gasteiger charge is 2.23. The van der Waals surface area contributed by atoms with Crippen LogP contribution < -0.4 is 16.0 Å². The summed E-state index contributed by atoms with van der Waals surface area (Å²) in [5, 5.41) is 12.3. The molecule has 2 aliphatic heterocycles. The number of aromatic nitrogens is 3. The van der Waals surface area contributed by atoms with Crippen LogP contribution in [0.3, 0.4) is 0 Å². The Bertz CT molecular complexity index is 1090. The van der Waals surface area contributed by atoms with Crippen LogP contribution in [0, 0.1) is 5.41 Å². The van der Waals surface area contributed by atoms with Gasteiger partial charge in [-0.15, -0.1) is 0 Å². The number of anilines is 2. The smallest absolute Gasteiger partial charge is 0.164 e. The first kappa shape index (κ1) is 20.3. The van der Waals surface area contributed by atoms with Gasteiger partial charge in [0.1, 0.15) is 15.4 Å². The number of hydrogen-bond donors (Lipinski definition) is 3. The van der Waals surface area contributed by atoms with Gasteiger partial charge in [-0.3, -0.25) is 4.90 Å². The molecule has 0 unspecified atom stereocenters. The summed E-state index contributed by atoms with van der Waals surface area (Å²) in [5.41, 5.74) is 8.92. The number of ether oxygens (including phenoxy) is 1. The van der Waals surface area contributed by atoms with E-state index in [0.717, 1.165) is 72.5 Å².